The van der Waals surface area contributed by atoms with Gasteiger partial charge in [0.15, 0.2) is 6.29 Å². The Morgan fingerprint density at radius 1 is 1.06 bits per heavy atom. The first-order chi connectivity index (χ1) is 8.76. The van der Waals surface area contributed by atoms with Crippen molar-refractivity contribution < 1.29 is 9.47 Å². The number of fused-ring (bicyclic) bond motifs is 1. The highest BCUT2D eigenvalue weighted by molar-refractivity contribution is 9.10. The van der Waals surface area contributed by atoms with E-state index in [1.807, 2.05) is 18.2 Å². The van der Waals surface area contributed by atoms with E-state index in [1.165, 1.54) is 10.8 Å². The molecule has 0 unspecified atom stereocenters. The first-order valence-corrected chi connectivity index (χ1v) is 6.52. The summed E-state index contributed by atoms with van der Waals surface area (Å²) in [6, 6.07) is 12.3. The van der Waals surface area contributed by atoms with Gasteiger partial charge in [0.25, 0.3) is 0 Å². The van der Waals surface area contributed by atoms with E-state index in [2.05, 4.69) is 39.4 Å². The number of ether oxygens (including phenoxy) is 2. The van der Waals surface area contributed by atoms with Crippen molar-refractivity contribution in [2.45, 2.75) is 6.29 Å². The normalized spacial score (nSPS) is 11.1. The van der Waals surface area contributed by atoms with Crippen molar-refractivity contribution in [1.82, 2.24) is 0 Å². The van der Waals surface area contributed by atoms with Gasteiger partial charge in [0, 0.05) is 29.8 Å². The van der Waals surface area contributed by atoms with Crippen LogP contribution >= 0.6 is 15.9 Å². The minimum atomic E-state index is -0.243. The Morgan fingerprint density at radius 3 is 2.39 bits per heavy atom. The lowest BCUT2D eigenvalue weighted by Gasteiger charge is -2.16. The van der Waals surface area contributed by atoms with Gasteiger partial charge < -0.3 is 14.8 Å². The molecule has 0 aliphatic rings. The second-order valence-electron chi connectivity index (χ2n) is 3.92. The first-order valence-electron chi connectivity index (χ1n) is 5.73. The van der Waals surface area contributed by atoms with Gasteiger partial charge in [0.05, 0.1) is 6.54 Å². The number of halogens is 1. The number of anilines is 1. The van der Waals surface area contributed by atoms with Crippen LogP contribution in [0.1, 0.15) is 0 Å². The Kier molecular flexibility index (Phi) is 4.58. The van der Waals surface area contributed by atoms with E-state index in [9.17, 15) is 0 Å². The average molecular weight is 310 g/mol. The van der Waals surface area contributed by atoms with E-state index in [0.29, 0.717) is 6.54 Å². The molecule has 0 amide bonds. The maximum atomic E-state index is 5.16. The number of hydrogen-bond acceptors (Lipinski definition) is 3. The Bertz CT molecular complexity index is 526. The lowest BCUT2D eigenvalue weighted by molar-refractivity contribution is -0.0913. The predicted molar refractivity (Wildman–Crippen MR) is 77.9 cm³/mol. The van der Waals surface area contributed by atoms with Gasteiger partial charge in [-0.05, 0) is 17.5 Å². The van der Waals surface area contributed by atoms with Gasteiger partial charge in [-0.3, -0.25) is 0 Å². The lowest BCUT2D eigenvalue weighted by Crippen LogP contribution is -2.23. The quantitative estimate of drug-likeness (QED) is 0.856. The fourth-order valence-electron chi connectivity index (χ4n) is 1.87. The fraction of sp³-hybridized carbons (Fsp3) is 0.286. The molecule has 0 bridgehead atoms. The van der Waals surface area contributed by atoms with E-state index in [0.717, 1.165) is 10.2 Å². The van der Waals surface area contributed by atoms with Crippen LogP contribution in [0.25, 0.3) is 10.8 Å². The Hall–Kier alpha value is -1.10. The average Bonchev–Trinajstić information content (AvgIpc) is 2.42. The molecular weight excluding hydrogens is 294 g/mol. The molecule has 0 aliphatic carbocycles. The summed E-state index contributed by atoms with van der Waals surface area (Å²) in [5, 5.41) is 5.71. The summed E-state index contributed by atoms with van der Waals surface area (Å²) in [6.07, 6.45) is -0.243. The number of rotatable bonds is 5. The van der Waals surface area contributed by atoms with Gasteiger partial charge in [-0.1, -0.05) is 40.2 Å². The van der Waals surface area contributed by atoms with Gasteiger partial charge in [0.2, 0.25) is 0 Å². The summed E-state index contributed by atoms with van der Waals surface area (Å²) in [4.78, 5) is 0. The van der Waals surface area contributed by atoms with Gasteiger partial charge in [-0.25, -0.2) is 0 Å². The summed E-state index contributed by atoms with van der Waals surface area (Å²) < 4.78 is 11.4. The minimum Gasteiger partial charge on any atom is -0.379 e. The summed E-state index contributed by atoms with van der Waals surface area (Å²) in [5.41, 5.74) is 1.08. The zero-order valence-electron chi connectivity index (χ0n) is 10.4. The highest BCUT2D eigenvalue weighted by Crippen LogP contribution is 2.29. The molecular formula is C14H16BrNO2. The summed E-state index contributed by atoms with van der Waals surface area (Å²) >= 11 is 3.56. The SMILES string of the molecule is COC(CNc1ccc(Br)c2ccccc12)OC. The van der Waals surface area contributed by atoms with Gasteiger partial charge >= 0.3 is 0 Å². The number of methoxy groups -OCH3 is 2. The fourth-order valence-corrected chi connectivity index (χ4v) is 2.35. The molecule has 0 spiro atoms. The maximum Gasteiger partial charge on any atom is 0.173 e. The minimum absolute atomic E-state index is 0.243. The molecule has 0 saturated carbocycles. The topological polar surface area (TPSA) is 30.5 Å². The van der Waals surface area contributed by atoms with Crippen molar-refractivity contribution >= 4 is 32.4 Å². The molecule has 3 nitrogen and oxygen atoms in total. The number of benzene rings is 2. The third-order valence-corrected chi connectivity index (χ3v) is 3.55. The molecule has 2 rings (SSSR count). The van der Waals surface area contributed by atoms with Crippen LogP contribution in [0, 0.1) is 0 Å². The van der Waals surface area contributed by atoms with Crippen molar-refractivity contribution in [3.8, 4) is 0 Å². The van der Waals surface area contributed by atoms with Gasteiger partial charge in [-0.2, -0.15) is 0 Å². The highest BCUT2D eigenvalue weighted by Gasteiger charge is 2.07. The molecule has 2 aromatic carbocycles. The Balaban J connectivity index is 2.26. The van der Waals surface area contributed by atoms with Crippen LogP contribution in [0.15, 0.2) is 40.9 Å². The summed E-state index contributed by atoms with van der Waals surface area (Å²) in [5.74, 6) is 0. The summed E-state index contributed by atoms with van der Waals surface area (Å²) in [6.45, 7) is 0.610. The smallest absolute Gasteiger partial charge is 0.173 e. The molecule has 0 radical (unpaired) electrons. The van der Waals surface area contributed by atoms with Crippen molar-refractivity contribution in [3.63, 3.8) is 0 Å². The summed E-state index contributed by atoms with van der Waals surface area (Å²) in [7, 11) is 3.27. The van der Waals surface area contributed by atoms with Crippen LogP contribution in [0.2, 0.25) is 0 Å². The highest BCUT2D eigenvalue weighted by atomic mass is 79.9. The van der Waals surface area contributed by atoms with E-state index in [4.69, 9.17) is 9.47 Å². The first kappa shape index (κ1) is 13.3. The van der Waals surface area contributed by atoms with Crippen LogP contribution in [-0.2, 0) is 9.47 Å². The number of hydrogen-bond donors (Lipinski definition) is 1. The molecule has 0 heterocycles. The molecule has 0 fully saturated rings. The van der Waals surface area contributed by atoms with Crippen LogP contribution in [-0.4, -0.2) is 27.1 Å². The van der Waals surface area contributed by atoms with E-state index >= 15 is 0 Å². The van der Waals surface area contributed by atoms with Crippen LogP contribution in [0.5, 0.6) is 0 Å². The van der Waals surface area contributed by atoms with Crippen LogP contribution in [0.4, 0.5) is 5.69 Å². The zero-order valence-corrected chi connectivity index (χ0v) is 12.0. The number of nitrogens with one attached hydrogen (secondary N) is 1. The second kappa shape index (κ2) is 6.18. The van der Waals surface area contributed by atoms with Crippen LogP contribution in [0.3, 0.4) is 0 Å². The molecule has 96 valence electrons. The molecule has 4 heteroatoms. The van der Waals surface area contributed by atoms with Crippen molar-refractivity contribution in [2.75, 3.05) is 26.1 Å². The Morgan fingerprint density at radius 2 is 1.72 bits per heavy atom. The van der Waals surface area contributed by atoms with E-state index in [-0.39, 0.29) is 6.29 Å². The van der Waals surface area contributed by atoms with E-state index in [1.54, 1.807) is 14.2 Å². The van der Waals surface area contributed by atoms with Crippen molar-refractivity contribution in [2.24, 2.45) is 0 Å². The molecule has 0 atom stereocenters. The van der Waals surface area contributed by atoms with Gasteiger partial charge in [-0.15, -0.1) is 0 Å². The Labute approximate surface area is 115 Å². The van der Waals surface area contributed by atoms with Gasteiger partial charge in [0.1, 0.15) is 0 Å². The van der Waals surface area contributed by atoms with Crippen LogP contribution < -0.4 is 5.32 Å². The van der Waals surface area contributed by atoms with Crippen molar-refractivity contribution in [1.29, 1.82) is 0 Å². The third-order valence-electron chi connectivity index (χ3n) is 2.86. The molecule has 0 saturated heterocycles. The molecule has 1 N–H and O–H groups in total. The van der Waals surface area contributed by atoms with Crippen molar-refractivity contribution in [3.05, 3.63) is 40.9 Å². The molecule has 0 aromatic heterocycles. The predicted octanol–water partition coefficient (Wildman–Crippen LogP) is 3.63. The largest absolute Gasteiger partial charge is 0.379 e. The third kappa shape index (κ3) is 2.83. The maximum absolute atomic E-state index is 5.16. The lowest BCUT2D eigenvalue weighted by atomic mass is 10.1. The zero-order chi connectivity index (χ0) is 13.0. The van der Waals surface area contributed by atoms with E-state index < -0.39 is 0 Å². The molecule has 18 heavy (non-hydrogen) atoms. The standard InChI is InChI=1S/C14H16BrNO2/c1-17-14(18-2)9-16-13-8-7-12(15)10-5-3-4-6-11(10)13/h3-8,14,16H,9H2,1-2H3. The molecule has 2 aromatic rings. The monoisotopic (exact) mass is 309 g/mol. The molecule has 0 aliphatic heterocycles. The second-order valence-corrected chi connectivity index (χ2v) is 4.78.